The summed E-state index contributed by atoms with van der Waals surface area (Å²) in [5.41, 5.74) is 1.97. The van der Waals surface area contributed by atoms with Crippen molar-refractivity contribution in [1.82, 2.24) is 5.32 Å². The number of hydrogen-bond acceptors (Lipinski definition) is 2. The van der Waals surface area contributed by atoms with Crippen molar-refractivity contribution in [2.24, 2.45) is 22.2 Å². The number of nitrogens with one attached hydrogen (secondary N) is 1. The Morgan fingerprint density at radius 1 is 1.29 bits per heavy atom. The minimum absolute atomic E-state index is 0.0754. The van der Waals surface area contributed by atoms with Crippen molar-refractivity contribution in [3.63, 3.8) is 0 Å². The van der Waals surface area contributed by atoms with E-state index in [9.17, 15) is 9.59 Å². The number of hydrogen-bond donors (Lipinski definition) is 1. The van der Waals surface area contributed by atoms with E-state index in [0.29, 0.717) is 11.6 Å². The summed E-state index contributed by atoms with van der Waals surface area (Å²) in [5.74, 6) is 0.0902. The highest BCUT2D eigenvalue weighted by Crippen LogP contribution is 2.31. The monoisotopic (exact) mass is 286 g/mol. The van der Waals surface area contributed by atoms with Crippen LogP contribution in [-0.2, 0) is 9.59 Å². The Kier molecular flexibility index (Phi) is 3.99. The van der Waals surface area contributed by atoms with Gasteiger partial charge in [-0.2, -0.15) is 0 Å². The molecule has 0 fully saturated rings. The molecule has 1 unspecified atom stereocenters. The van der Waals surface area contributed by atoms with Crippen LogP contribution < -0.4 is 5.32 Å². The molecule has 0 radical (unpaired) electrons. The molecule has 2 amide bonds. The van der Waals surface area contributed by atoms with Gasteiger partial charge >= 0.3 is 0 Å². The van der Waals surface area contributed by atoms with Crippen LogP contribution in [-0.4, -0.2) is 17.5 Å². The highest BCUT2D eigenvalue weighted by Gasteiger charge is 2.28. The molecule has 0 saturated carbocycles. The first kappa shape index (κ1) is 15.4. The molecule has 1 heterocycles. The number of fused-ring (bicyclic) bond motifs is 1. The lowest BCUT2D eigenvalue weighted by molar-refractivity contribution is -0.124. The molecule has 112 valence electrons. The van der Waals surface area contributed by atoms with E-state index < -0.39 is 5.41 Å². The van der Waals surface area contributed by atoms with Crippen molar-refractivity contribution in [3.8, 4) is 0 Å². The van der Waals surface area contributed by atoms with Gasteiger partial charge in [0.25, 0.3) is 5.91 Å². The van der Waals surface area contributed by atoms with Gasteiger partial charge in [-0.1, -0.05) is 40.7 Å². The number of rotatable bonds is 1. The fraction of sp³-hybridized carbons (Fsp3) is 0.471. The molecule has 1 atom stereocenters. The van der Waals surface area contributed by atoms with Crippen LogP contribution in [0.25, 0.3) is 0 Å². The molecular formula is C17H22N2O2. The van der Waals surface area contributed by atoms with Crippen LogP contribution in [0.5, 0.6) is 0 Å². The summed E-state index contributed by atoms with van der Waals surface area (Å²) in [6.45, 7) is 9.66. The van der Waals surface area contributed by atoms with Crippen molar-refractivity contribution in [2.45, 2.75) is 34.6 Å². The molecule has 4 nitrogen and oxygen atoms in total. The zero-order chi connectivity index (χ0) is 15.8. The van der Waals surface area contributed by atoms with Crippen molar-refractivity contribution in [1.29, 1.82) is 0 Å². The van der Waals surface area contributed by atoms with Crippen molar-refractivity contribution in [2.75, 3.05) is 0 Å². The molecule has 4 heteroatoms. The maximum Gasteiger partial charge on any atom is 0.251 e. The maximum atomic E-state index is 12.0. The maximum absolute atomic E-state index is 12.0. The minimum atomic E-state index is -0.505. The van der Waals surface area contributed by atoms with Crippen molar-refractivity contribution >= 4 is 17.5 Å². The third-order valence-electron chi connectivity index (χ3n) is 3.56. The molecule has 0 spiro atoms. The molecule has 0 aromatic carbocycles. The molecule has 0 aromatic rings. The average molecular weight is 286 g/mol. The SMILES string of the molecule is CC(C)C1=CC(=O)NC2=CC(=NC(=O)C(C)(C)C)C=CC21. The van der Waals surface area contributed by atoms with Gasteiger partial charge in [-0.3, -0.25) is 9.59 Å². The van der Waals surface area contributed by atoms with Gasteiger partial charge < -0.3 is 5.32 Å². The quantitative estimate of drug-likeness (QED) is 0.805. The van der Waals surface area contributed by atoms with Crippen LogP contribution in [0.3, 0.4) is 0 Å². The Hall–Kier alpha value is -1.97. The van der Waals surface area contributed by atoms with Crippen LogP contribution >= 0.6 is 0 Å². The van der Waals surface area contributed by atoms with Gasteiger partial charge in [0.1, 0.15) is 0 Å². The Morgan fingerprint density at radius 2 is 1.95 bits per heavy atom. The topological polar surface area (TPSA) is 58.5 Å². The average Bonchev–Trinajstić information content (AvgIpc) is 2.35. The van der Waals surface area contributed by atoms with Gasteiger partial charge in [-0.25, -0.2) is 4.99 Å². The molecule has 1 N–H and O–H groups in total. The lowest BCUT2D eigenvalue weighted by Crippen LogP contribution is -2.34. The second-order valence-electron chi connectivity index (χ2n) is 6.82. The Morgan fingerprint density at radius 3 is 2.52 bits per heavy atom. The van der Waals surface area contributed by atoms with Crippen molar-refractivity contribution in [3.05, 3.63) is 35.6 Å². The molecule has 1 aliphatic heterocycles. The number of nitrogens with zero attached hydrogens (tertiary/aromatic N) is 1. The van der Waals surface area contributed by atoms with Gasteiger partial charge in [0.2, 0.25) is 5.91 Å². The van der Waals surface area contributed by atoms with Crippen LogP contribution in [0.1, 0.15) is 34.6 Å². The third-order valence-corrected chi connectivity index (χ3v) is 3.56. The lowest BCUT2D eigenvalue weighted by atomic mass is 9.82. The molecule has 2 aliphatic rings. The van der Waals surface area contributed by atoms with E-state index in [0.717, 1.165) is 11.3 Å². The zero-order valence-corrected chi connectivity index (χ0v) is 13.2. The first-order chi connectivity index (χ1) is 9.68. The second kappa shape index (κ2) is 5.43. The molecule has 21 heavy (non-hydrogen) atoms. The fourth-order valence-electron chi connectivity index (χ4n) is 2.30. The lowest BCUT2D eigenvalue weighted by Gasteiger charge is -2.29. The summed E-state index contributed by atoms with van der Waals surface area (Å²) in [6, 6.07) is 0. The van der Waals surface area contributed by atoms with Gasteiger partial charge in [-0.05, 0) is 23.6 Å². The highest BCUT2D eigenvalue weighted by molar-refractivity contribution is 6.11. The Bertz CT molecular complexity index is 599. The first-order valence-corrected chi connectivity index (χ1v) is 7.24. The number of carbonyl (C=O) groups excluding carboxylic acids is 2. The number of allylic oxidation sites excluding steroid dienone is 3. The van der Waals surface area contributed by atoms with Gasteiger partial charge in [0.05, 0.1) is 5.71 Å². The fourth-order valence-corrected chi connectivity index (χ4v) is 2.30. The minimum Gasteiger partial charge on any atom is -0.325 e. The van der Waals surface area contributed by atoms with Gasteiger partial charge in [0.15, 0.2) is 0 Å². The summed E-state index contributed by atoms with van der Waals surface area (Å²) in [7, 11) is 0. The molecule has 0 aromatic heterocycles. The van der Waals surface area contributed by atoms with E-state index in [4.69, 9.17) is 0 Å². The molecule has 0 saturated heterocycles. The van der Waals surface area contributed by atoms with E-state index in [2.05, 4.69) is 24.2 Å². The predicted molar refractivity (Wildman–Crippen MR) is 83.7 cm³/mol. The van der Waals surface area contributed by atoms with Gasteiger partial charge in [0, 0.05) is 23.1 Å². The first-order valence-electron chi connectivity index (χ1n) is 7.24. The molecule has 1 aliphatic carbocycles. The summed E-state index contributed by atoms with van der Waals surface area (Å²) in [6.07, 6.45) is 7.31. The molecule has 2 rings (SSSR count). The normalized spacial score (nSPS) is 23.6. The Labute approximate surface area is 125 Å². The summed E-state index contributed by atoms with van der Waals surface area (Å²) >= 11 is 0. The van der Waals surface area contributed by atoms with E-state index in [-0.39, 0.29) is 17.7 Å². The third kappa shape index (κ3) is 3.38. The van der Waals surface area contributed by atoms with E-state index in [1.165, 1.54) is 0 Å². The molecular weight excluding hydrogens is 264 g/mol. The molecule has 0 bridgehead atoms. The largest absolute Gasteiger partial charge is 0.325 e. The van der Waals surface area contributed by atoms with E-state index >= 15 is 0 Å². The zero-order valence-electron chi connectivity index (χ0n) is 13.2. The summed E-state index contributed by atoms with van der Waals surface area (Å²) < 4.78 is 0. The van der Waals surface area contributed by atoms with Crippen LogP contribution in [0.15, 0.2) is 40.6 Å². The number of carbonyl (C=O) groups is 2. The van der Waals surface area contributed by atoms with E-state index in [1.807, 2.05) is 32.9 Å². The smallest absolute Gasteiger partial charge is 0.251 e. The predicted octanol–water partition coefficient (Wildman–Crippen LogP) is 2.78. The van der Waals surface area contributed by atoms with E-state index in [1.54, 1.807) is 12.2 Å². The summed E-state index contributed by atoms with van der Waals surface area (Å²) in [5, 5.41) is 2.85. The van der Waals surface area contributed by atoms with Crippen LogP contribution in [0, 0.1) is 17.3 Å². The van der Waals surface area contributed by atoms with Crippen LogP contribution in [0.2, 0.25) is 0 Å². The van der Waals surface area contributed by atoms with Crippen LogP contribution in [0.4, 0.5) is 0 Å². The number of aliphatic imine (C=N–C) groups is 1. The Balaban J connectivity index is 2.32. The highest BCUT2D eigenvalue weighted by atomic mass is 16.2. The second-order valence-corrected chi connectivity index (χ2v) is 6.82. The summed E-state index contributed by atoms with van der Waals surface area (Å²) in [4.78, 5) is 27.9. The standard InChI is InChI=1S/C17H22N2O2/c1-10(2)13-9-15(20)19-14-8-11(6-7-12(13)14)18-16(21)17(3,4)5/h6-10,12H,1-5H3,(H,19,20). The van der Waals surface area contributed by atoms with Gasteiger partial charge in [-0.15, -0.1) is 0 Å². The number of amides is 2. The van der Waals surface area contributed by atoms with Crippen molar-refractivity contribution < 1.29 is 9.59 Å².